The first-order valence-corrected chi connectivity index (χ1v) is 5.45. The van der Waals surface area contributed by atoms with Gasteiger partial charge in [0.2, 0.25) is 5.91 Å². The molecule has 16 heavy (non-hydrogen) atoms. The molecule has 3 rings (SSSR count). The maximum atomic E-state index is 12.3. The first-order valence-electron chi connectivity index (χ1n) is 5.45. The lowest BCUT2D eigenvalue weighted by Gasteiger charge is -2.25. The molecule has 2 atom stereocenters. The van der Waals surface area contributed by atoms with Crippen LogP contribution in [0.25, 0.3) is 0 Å². The average molecular weight is 218 g/mol. The molecule has 4 nitrogen and oxygen atoms in total. The van der Waals surface area contributed by atoms with E-state index >= 15 is 0 Å². The quantitative estimate of drug-likeness (QED) is 0.746. The number of rotatable bonds is 1. The number of benzene rings is 1. The maximum absolute atomic E-state index is 12.3. The highest BCUT2D eigenvalue weighted by atomic mass is 16.7. The normalized spacial score (nSPS) is 33.2. The lowest BCUT2D eigenvalue weighted by molar-refractivity contribution is -0.135. The average Bonchev–Trinajstić information content (AvgIpc) is 2.82. The van der Waals surface area contributed by atoms with Crippen molar-refractivity contribution in [1.82, 2.24) is 10.4 Å². The molecule has 0 bridgehead atoms. The van der Waals surface area contributed by atoms with E-state index in [4.69, 9.17) is 4.84 Å². The van der Waals surface area contributed by atoms with Crippen LogP contribution < -0.4 is 5.48 Å². The predicted octanol–water partition coefficient (Wildman–Crippen LogP) is 0.505. The van der Waals surface area contributed by atoms with Gasteiger partial charge in [-0.25, -0.2) is 0 Å². The van der Waals surface area contributed by atoms with E-state index in [-0.39, 0.29) is 11.8 Å². The van der Waals surface area contributed by atoms with Gasteiger partial charge in [-0.15, -0.1) is 0 Å². The van der Waals surface area contributed by atoms with Gasteiger partial charge >= 0.3 is 0 Å². The van der Waals surface area contributed by atoms with E-state index in [2.05, 4.69) is 5.48 Å². The van der Waals surface area contributed by atoms with Crippen molar-refractivity contribution in [3.8, 4) is 0 Å². The van der Waals surface area contributed by atoms with Crippen molar-refractivity contribution in [3.63, 3.8) is 0 Å². The Morgan fingerprint density at radius 3 is 2.94 bits per heavy atom. The first-order chi connectivity index (χ1) is 7.75. The number of nitrogens with zero attached hydrogens (tertiary/aromatic N) is 1. The Kier molecular flexibility index (Phi) is 2.02. The van der Waals surface area contributed by atoms with Gasteiger partial charge in [-0.05, 0) is 5.56 Å². The number of likely N-dealkylation sites (tertiary alicyclic amines) is 1. The van der Waals surface area contributed by atoms with Crippen LogP contribution in [-0.4, -0.2) is 31.0 Å². The van der Waals surface area contributed by atoms with Gasteiger partial charge in [-0.2, -0.15) is 5.48 Å². The van der Waals surface area contributed by atoms with Gasteiger partial charge in [0, 0.05) is 19.5 Å². The Hall–Kier alpha value is -1.39. The van der Waals surface area contributed by atoms with Crippen LogP contribution in [0.4, 0.5) is 0 Å². The van der Waals surface area contributed by atoms with Crippen molar-refractivity contribution >= 4 is 5.91 Å². The standard InChI is InChI=1S/C12H14N2O2/c1-14-7-10-8-16-13-12(10,11(14)15)9-5-3-2-4-6-9/h2-6,10,13H,7-8H2,1H3/t10-,12+/m0/s1. The van der Waals surface area contributed by atoms with E-state index in [1.54, 1.807) is 4.90 Å². The summed E-state index contributed by atoms with van der Waals surface area (Å²) in [6.45, 7) is 1.34. The molecule has 2 heterocycles. The van der Waals surface area contributed by atoms with Gasteiger partial charge in [0.15, 0.2) is 5.54 Å². The smallest absolute Gasteiger partial charge is 0.249 e. The predicted molar refractivity (Wildman–Crippen MR) is 58.3 cm³/mol. The minimum Gasteiger partial charge on any atom is -0.343 e. The Bertz CT molecular complexity index is 420. The second-order valence-corrected chi connectivity index (χ2v) is 4.47. The van der Waals surface area contributed by atoms with Gasteiger partial charge in [0.25, 0.3) is 0 Å². The zero-order valence-corrected chi connectivity index (χ0v) is 9.14. The summed E-state index contributed by atoms with van der Waals surface area (Å²) >= 11 is 0. The largest absolute Gasteiger partial charge is 0.343 e. The summed E-state index contributed by atoms with van der Waals surface area (Å²) in [5, 5.41) is 0. The Labute approximate surface area is 94.1 Å². The van der Waals surface area contributed by atoms with Crippen molar-refractivity contribution in [2.75, 3.05) is 20.2 Å². The van der Waals surface area contributed by atoms with E-state index in [0.29, 0.717) is 6.61 Å². The van der Waals surface area contributed by atoms with Crippen LogP contribution in [0.2, 0.25) is 0 Å². The summed E-state index contributed by atoms with van der Waals surface area (Å²) in [6, 6.07) is 9.81. The molecule has 1 N–H and O–H groups in total. The van der Waals surface area contributed by atoms with E-state index in [1.807, 2.05) is 37.4 Å². The van der Waals surface area contributed by atoms with Gasteiger partial charge in [-0.1, -0.05) is 30.3 Å². The van der Waals surface area contributed by atoms with Crippen LogP contribution in [0.15, 0.2) is 30.3 Å². The second-order valence-electron chi connectivity index (χ2n) is 4.47. The van der Waals surface area contributed by atoms with Crippen molar-refractivity contribution in [1.29, 1.82) is 0 Å². The van der Waals surface area contributed by atoms with E-state index < -0.39 is 5.54 Å². The Balaban J connectivity index is 2.11. The van der Waals surface area contributed by atoms with E-state index in [0.717, 1.165) is 12.1 Å². The van der Waals surface area contributed by atoms with Crippen molar-refractivity contribution in [2.24, 2.45) is 5.92 Å². The summed E-state index contributed by atoms with van der Waals surface area (Å²) in [5.41, 5.74) is 3.27. The fourth-order valence-electron chi connectivity index (χ4n) is 2.71. The minimum atomic E-state index is -0.657. The Morgan fingerprint density at radius 2 is 2.19 bits per heavy atom. The fraction of sp³-hybridized carbons (Fsp3) is 0.417. The highest BCUT2D eigenvalue weighted by Gasteiger charge is 2.57. The highest BCUT2D eigenvalue weighted by Crippen LogP contribution is 2.40. The third kappa shape index (κ3) is 1.08. The third-order valence-corrected chi connectivity index (χ3v) is 3.54. The summed E-state index contributed by atoms with van der Waals surface area (Å²) < 4.78 is 0. The van der Waals surface area contributed by atoms with Gasteiger partial charge in [0.1, 0.15) is 0 Å². The highest BCUT2D eigenvalue weighted by molar-refractivity contribution is 5.90. The second kappa shape index (κ2) is 3.30. The summed E-state index contributed by atoms with van der Waals surface area (Å²) in [7, 11) is 1.84. The van der Waals surface area contributed by atoms with Crippen LogP contribution in [0.5, 0.6) is 0 Å². The minimum absolute atomic E-state index is 0.0983. The number of hydroxylamine groups is 1. The molecule has 0 radical (unpaired) electrons. The number of carbonyl (C=O) groups is 1. The number of fused-ring (bicyclic) bond motifs is 1. The molecular formula is C12H14N2O2. The SMILES string of the molecule is CN1C[C@H]2CON[C@@]2(c2ccccc2)C1=O. The lowest BCUT2D eigenvalue weighted by Crippen LogP contribution is -2.47. The number of hydrogen-bond acceptors (Lipinski definition) is 3. The molecule has 1 aromatic carbocycles. The molecule has 1 aromatic rings. The number of nitrogens with one attached hydrogen (secondary N) is 1. The van der Waals surface area contributed by atoms with Crippen molar-refractivity contribution in [3.05, 3.63) is 35.9 Å². The fourth-order valence-corrected chi connectivity index (χ4v) is 2.71. The molecule has 1 amide bonds. The number of carbonyl (C=O) groups excluding carboxylic acids is 1. The van der Waals surface area contributed by atoms with Crippen LogP contribution in [0.1, 0.15) is 5.56 Å². The summed E-state index contributed by atoms with van der Waals surface area (Å²) in [4.78, 5) is 19.4. The molecule has 2 saturated heterocycles. The maximum Gasteiger partial charge on any atom is 0.249 e. The van der Waals surface area contributed by atoms with E-state index in [9.17, 15) is 4.79 Å². The number of amides is 1. The first kappa shape index (κ1) is 9.81. The molecule has 0 aliphatic carbocycles. The lowest BCUT2D eigenvalue weighted by atomic mass is 9.82. The molecule has 84 valence electrons. The molecule has 0 unspecified atom stereocenters. The van der Waals surface area contributed by atoms with Crippen LogP contribution in [0.3, 0.4) is 0 Å². The monoisotopic (exact) mass is 218 g/mol. The topological polar surface area (TPSA) is 41.6 Å². The zero-order chi connectivity index (χ0) is 11.2. The molecule has 0 aromatic heterocycles. The number of likely N-dealkylation sites (N-methyl/N-ethyl adjacent to an activating group) is 1. The van der Waals surface area contributed by atoms with Crippen molar-refractivity contribution < 1.29 is 9.63 Å². The summed E-state index contributed by atoms with van der Waals surface area (Å²) in [6.07, 6.45) is 0. The van der Waals surface area contributed by atoms with Gasteiger partial charge < -0.3 is 4.90 Å². The molecule has 2 fully saturated rings. The van der Waals surface area contributed by atoms with Gasteiger partial charge in [-0.3, -0.25) is 9.63 Å². The van der Waals surface area contributed by atoms with Crippen LogP contribution in [-0.2, 0) is 15.2 Å². The number of hydrogen-bond donors (Lipinski definition) is 1. The van der Waals surface area contributed by atoms with E-state index in [1.165, 1.54) is 0 Å². The Morgan fingerprint density at radius 1 is 1.44 bits per heavy atom. The third-order valence-electron chi connectivity index (χ3n) is 3.54. The molecule has 0 saturated carbocycles. The van der Waals surface area contributed by atoms with Gasteiger partial charge in [0.05, 0.1) is 6.61 Å². The summed E-state index contributed by atoms with van der Waals surface area (Å²) in [5.74, 6) is 0.300. The molecule has 2 aliphatic heterocycles. The van der Waals surface area contributed by atoms with Crippen LogP contribution in [0, 0.1) is 5.92 Å². The molecule has 2 aliphatic rings. The molecule has 0 spiro atoms. The van der Waals surface area contributed by atoms with Crippen molar-refractivity contribution in [2.45, 2.75) is 5.54 Å². The molecular weight excluding hydrogens is 204 g/mol. The zero-order valence-electron chi connectivity index (χ0n) is 9.14. The van der Waals surface area contributed by atoms with Crippen LogP contribution >= 0.6 is 0 Å². The molecule has 4 heteroatoms.